The van der Waals surface area contributed by atoms with Gasteiger partial charge in [0.1, 0.15) is 6.10 Å². The first-order valence-electron chi connectivity index (χ1n) is 8.37. The molecule has 0 bridgehead atoms. The molecule has 1 fully saturated rings. The molecule has 0 amide bonds. The molecule has 7 heteroatoms. The Balaban J connectivity index is 1.59. The van der Waals surface area contributed by atoms with Gasteiger partial charge >= 0.3 is 5.97 Å². The number of benzene rings is 1. The molecule has 1 saturated carbocycles. The Kier molecular flexibility index (Phi) is 5.08. The highest BCUT2D eigenvalue weighted by molar-refractivity contribution is 5.69. The first-order valence-corrected chi connectivity index (χ1v) is 8.37. The Morgan fingerprint density at radius 3 is 2.58 bits per heavy atom. The third kappa shape index (κ3) is 4.10. The van der Waals surface area contributed by atoms with Gasteiger partial charge in [0, 0.05) is 25.3 Å². The van der Waals surface area contributed by atoms with Gasteiger partial charge in [0.15, 0.2) is 6.54 Å². The topological polar surface area (TPSA) is 73.1 Å². The number of aromatic nitrogens is 4. The summed E-state index contributed by atoms with van der Waals surface area (Å²) in [5.41, 5.74) is 1.97. The van der Waals surface area contributed by atoms with Crippen molar-refractivity contribution in [1.29, 1.82) is 0 Å². The number of esters is 1. The Hall–Kier alpha value is -2.44. The maximum Gasteiger partial charge on any atom is 0.330 e. The van der Waals surface area contributed by atoms with Crippen LogP contribution in [0.4, 0.5) is 5.69 Å². The zero-order chi connectivity index (χ0) is 16.9. The van der Waals surface area contributed by atoms with E-state index in [1.54, 1.807) is 0 Å². The summed E-state index contributed by atoms with van der Waals surface area (Å²) >= 11 is 0. The van der Waals surface area contributed by atoms with Gasteiger partial charge in [0.05, 0.1) is 0 Å². The van der Waals surface area contributed by atoms with Crippen molar-refractivity contribution in [3.05, 3.63) is 24.3 Å². The molecule has 1 aromatic carbocycles. The van der Waals surface area contributed by atoms with Crippen LogP contribution in [0.2, 0.25) is 0 Å². The highest BCUT2D eigenvalue weighted by Crippen LogP contribution is 2.21. The fourth-order valence-corrected chi connectivity index (χ4v) is 2.86. The molecule has 24 heavy (non-hydrogen) atoms. The molecule has 3 rings (SSSR count). The summed E-state index contributed by atoms with van der Waals surface area (Å²) in [5.74, 6) is 0.208. The minimum Gasteiger partial charge on any atom is -0.461 e. The lowest BCUT2D eigenvalue weighted by Crippen LogP contribution is -2.24. The van der Waals surface area contributed by atoms with E-state index in [9.17, 15) is 4.79 Å². The standard InChI is InChI=1S/C17H23N5O2/c1-21(2)14-10-8-13(9-11-14)17-18-20-22(19-17)12-16(23)24-15-6-4-3-5-7-15/h8-11,15H,3-7,12H2,1-2H3. The molecular weight excluding hydrogens is 306 g/mol. The van der Waals surface area contributed by atoms with Crippen LogP contribution >= 0.6 is 0 Å². The van der Waals surface area contributed by atoms with E-state index in [1.807, 2.05) is 43.3 Å². The highest BCUT2D eigenvalue weighted by atomic mass is 16.5. The molecular formula is C17H23N5O2. The molecule has 128 valence electrons. The summed E-state index contributed by atoms with van der Waals surface area (Å²) < 4.78 is 5.48. The predicted molar refractivity (Wildman–Crippen MR) is 90.5 cm³/mol. The van der Waals surface area contributed by atoms with E-state index in [0.717, 1.165) is 36.9 Å². The van der Waals surface area contributed by atoms with Gasteiger partial charge in [-0.05, 0) is 55.2 Å². The number of hydrogen-bond donors (Lipinski definition) is 0. The summed E-state index contributed by atoms with van der Waals surface area (Å²) in [6.07, 6.45) is 5.46. The SMILES string of the molecule is CN(C)c1ccc(-c2nnn(CC(=O)OC3CCCCC3)n2)cc1. The Labute approximate surface area is 141 Å². The molecule has 0 atom stereocenters. The molecule has 0 unspecified atom stereocenters. The van der Waals surface area contributed by atoms with Gasteiger partial charge in [0.25, 0.3) is 0 Å². The van der Waals surface area contributed by atoms with Gasteiger partial charge < -0.3 is 9.64 Å². The molecule has 1 aromatic heterocycles. The van der Waals surface area contributed by atoms with Crippen LogP contribution in [0.3, 0.4) is 0 Å². The Bertz CT molecular complexity index is 675. The van der Waals surface area contributed by atoms with Crippen LogP contribution in [0.1, 0.15) is 32.1 Å². The molecule has 1 aliphatic carbocycles. The average molecular weight is 329 g/mol. The zero-order valence-corrected chi connectivity index (χ0v) is 14.2. The average Bonchev–Trinajstić information content (AvgIpc) is 3.04. The van der Waals surface area contributed by atoms with Crippen molar-refractivity contribution in [2.75, 3.05) is 19.0 Å². The summed E-state index contributed by atoms with van der Waals surface area (Å²) in [6.45, 7) is -0.000713. The summed E-state index contributed by atoms with van der Waals surface area (Å²) in [6, 6.07) is 7.87. The molecule has 0 spiro atoms. The fourth-order valence-electron chi connectivity index (χ4n) is 2.86. The molecule has 0 radical (unpaired) electrons. The van der Waals surface area contributed by atoms with Crippen LogP contribution in [0, 0.1) is 0 Å². The van der Waals surface area contributed by atoms with E-state index in [1.165, 1.54) is 11.2 Å². The largest absolute Gasteiger partial charge is 0.461 e. The lowest BCUT2D eigenvalue weighted by atomic mass is 9.98. The van der Waals surface area contributed by atoms with Crippen molar-refractivity contribution in [1.82, 2.24) is 20.2 Å². The van der Waals surface area contributed by atoms with Gasteiger partial charge in [-0.2, -0.15) is 4.80 Å². The minimum absolute atomic E-state index is 0.000713. The van der Waals surface area contributed by atoms with E-state index in [0.29, 0.717) is 5.82 Å². The zero-order valence-electron chi connectivity index (χ0n) is 14.2. The van der Waals surface area contributed by atoms with Crippen molar-refractivity contribution in [2.45, 2.75) is 44.8 Å². The summed E-state index contributed by atoms with van der Waals surface area (Å²) in [5, 5.41) is 12.2. The quantitative estimate of drug-likeness (QED) is 0.784. The minimum atomic E-state index is -0.297. The normalized spacial score (nSPS) is 15.2. The van der Waals surface area contributed by atoms with E-state index in [2.05, 4.69) is 15.4 Å². The number of carbonyl (C=O) groups excluding carboxylic acids is 1. The number of nitrogens with zero attached hydrogens (tertiary/aromatic N) is 5. The van der Waals surface area contributed by atoms with Gasteiger partial charge in [-0.1, -0.05) is 6.42 Å². The molecule has 1 aliphatic rings. The second-order valence-corrected chi connectivity index (χ2v) is 6.33. The van der Waals surface area contributed by atoms with Gasteiger partial charge in [0.2, 0.25) is 5.82 Å². The van der Waals surface area contributed by atoms with Crippen molar-refractivity contribution >= 4 is 11.7 Å². The highest BCUT2D eigenvalue weighted by Gasteiger charge is 2.18. The third-order valence-electron chi connectivity index (χ3n) is 4.22. The number of rotatable bonds is 5. The van der Waals surface area contributed by atoms with Crippen LogP contribution in [0.25, 0.3) is 11.4 Å². The number of hydrogen-bond acceptors (Lipinski definition) is 6. The van der Waals surface area contributed by atoms with Crippen molar-refractivity contribution in [3.63, 3.8) is 0 Å². The number of carbonyl (C=O) groups is 1. The van der Waals surface area contributed by atoms with Crippen molar-refractivity contribution in [3.8, 4) is 11.4 Å². The molecule has 2 aromatic rings. The second kappa shape index (κ2) is 7.42. The van der Waals surface area contributed by atoms with Crippen LogP contribution in [0.5, 0.6) is 0 Å². The van der Waals surface area contributed by atoms with Gasteiger partial charge in [-0.3, -0.25) is 0 Å². The van der Waals surface area contributed by atoms with E-state index >= 15 is 0 Å². The fraction of sp³-hybridized carbons (Fsp3) is 0.529. The Morgan fingerprint density at radius 2 is 1.92 bits per heavy atom. The number of anilines is 1. The predicted octanol–water partition coefficient (Wildman–Crippen LogP) is 2.28. The van der Waals surface area contributed by atoms with Crippen LogP contribution in [0.15, 0.2) is 24.3 Å². The van der Waals surface area contributed by atoms with Gasteiger partial charge in [-0.15, -0.1) is 10.2 Å². The van der Waals surface area contributed by atoms with Crippen molar-refractivity contribution < 1.29 is 9.53 Å². The second-order valence-electron chi connectivity index (χ2n) is 6.33. The third-order valence-corrected chi connectivity index (χ3v) is 4.22. The first-order chi connectivity index (χ1) is 11.6. The van der Waals surface area contributed by atoms with Crippen LogP contribution in [-0.4, -0.2) is 46.4 Å². The monoisotopic (exact) mass is 329 g/mol. The Morgan fingerprint density at radius 1 is 1.21 bits per heavy atom. The van der Waals surface area contributed by atoms with Gasteiger partial charge in [-0.25, -0.2) is 4.79 Å². The number of tetrazole rings is 1. The molecule has 1 heterocycles. The molecule has 0 saturated heterocycles. The van der Waals surface area contributed by atoms with Crippen LogP contribution < -0.4 is 4.90 Å². The maximum atomic E-state index is 12.0. The summed E-state index contributed by atoms with van der Waals surface area (Å²) in [4.78, 5) is 15.3. The van der Waals surface area contributed by atoms with E-state index in [-0.39, 0.29) is 18.6 Å². The molecule has 0 N–H and O–H groups in total. The first kappa shape index (κ1) is 16.4. The van der Waals surface area contributed by atoms with E-state index < -0.39 is 0 Å². The van der Waals surface area contributed by atoms with Crippen LogP contribution in [-0.2, 0) is 16.1 Å². The maximum absolute atomic E-state index is 12.0. The number of ether oxygens (including phenoxy) is 1. The lowest BCUT2D eigenvalue weighted by molar-refractivity contribution is -0.151. The lowest BCUT2D eigenvalue weighted by Gasteiger charge is -2.21. The molecule has 0 aliphatic heterocycles. The molecule has 7 nitrogen and oxygen atoms in total. The smallest absolute Gasteiger partial charge is 0.330 e. The summed E-state index contributed by atoms with van der Waals surface area (Å²) in [7, 11) is 3.98. The van der Waals surface area contributed by atoms with E-state index in [4.69, 9.17) is 4.74 Å². The van der Waals surface area contributed by atoms with Crippen molar-refractivity contribution in [2.24, 2.45) is 0 Å².